The number of amides is 1. The molecule has 1 N–H and O–H groups in total. The van der Waals surface area contributed by atoms with Crippen LogP contribution in [0.4, 0.5) is 0 Å². The summed E-state index contributed by atoms with van der Waals surface area (Å²) in [6, 6.07) is 12.0. The lowest BCUT2D eigenvalue weighted by molar-refractivity contribution is -0.145. The molecule has 0 aromatic heterocycles. The minimum absolute atomic E-state index is 0.0238. The van der Waals surface area contributed by atoms with Crippen LogP contribution in [0.1, 0.15) is 10.4 Å². The van der Waals surface area contributed by atoms with Gasteiger partial charge in [-0.25, -0.2) is 0 Å². The standard InChI is InChI=1S/C20H21NO7/c1-24-14-7-13(8-15(9-14)25-2)20(23)21-10-19(22)27-12-16-11-26-17-5-3-4-6-18(17)28-16/h3-9,16H,10-12H2,1-2H3,(H,21,23)/t16-/m1/s1. The summed E-state index contributed by atoms with van der Waals surface area (Å²) < 4.78 is 26.7. The summed E-state index contributed by atoms with van der Waals surface area (Å²) in [6.07, 6.45) is -0.405. The number of rotatable bonds is 7. The normalized spacial score (nSPS) is 14.7. The fourth-order valence-electron chi connectivity index (χ4n) is 2.58. The summed E-state index contributed by atoms with van der Waals surface area (Å²) in [5, 5.41) is 2.51. The van der Waals surface area contributed by atoms with E-state index in [2.05, 4.69) is 5.32 Å². The molecule has 0 saturated heterocycles. The first kappa shape index (κ1) is 19.3. The number of hydrogen-bond donors (Lipinski definition) is 1. The highest BCUT2D eigenvalue weighted by Gasteiger charge is 2.22. The van der Waals surface area contributed by atoms with Gasteiger partial charge in [0, 0.05) is 11.6 Å². The van der Waals surface area contributed by atoms with Gasteiger partial charge < -0.3 is 29.0 Å². The molecule has 148 valence electrons. The van der Waals surface area contributed by atoms with Gasteiger partial charge in [-0.3, -0.25) is 9.59 Å². The molecule has 1 atom stereocenters. The van der Waals surface area contributed by atoms with E-state index in [9.17, 15) is 9.59 Å². The molecule has 0 fully saturated rings. The number of nitrogens with one attached hydrogen (secondary N) is 1. The molecule has 1 amide bonds. The molecule has 0 saturated carbocycles. The van der Waals surface area contributed by atoms with Crippen LogP contribution in [0.2, 0.25) is 0 Å². The molecule has 8 heteroatoms. The van der Waals surface area contributed by atoms with Gasteiger partial charge in [-0.1, -0.05) is 12.1 Å². The maximum absolute atomic E-state index is 12.3. The Morgan fingerprint density at radius 3 is 2.43 bits per heavy atom. The van der Waals surface area contributed by atoms with Crippen LogP contribution >= 0.6 is 0 Å². The zero-order valence-corrected chi connectivity index (χ0v) is 15.6. The van der Waals surface area contributed by atoms with E-state index in [1.54, 1.807) is 30.3 Å². The number of hydrogen-bond acceptors (Lipinski definition) is 7. The van der Waals surface area contributed by atoms with Crippen molar-refractivity contribution < 1.29 is 33.3 Å². The van der Waals surface area contributed by atoms with Crippen LogP contribution in [0.15, 0.2) is 42.5 Å². The van der Waals surface area contributed by atoms with Crippen LogP contribution in [-0.4, -0.2) is 52.0 Å². The lowest BCUT2D eigenvalue weighted by Gasteiger charge is -2.26. The molecule has 3 rings (SSSR count). The van der Waals surface area contributed by atoms with E-state index in [1.807, 2.05) is 12.1 Å². The SMILES string of the molecule is COc1cc(OC)cc(C(=O)NCC(=O)OC[C@H]2COc3ccccc3O2)c1. The first-order valence-corrected chi connectivity index (χ1v) is 8.64. The van der Waals surface area contributed by atoms with Crippen LogP contribution in [0.25, 0.3) is 0 Å². The van der Waals surface area contributed by atoms with Crippen molar-refractivity contribution in [3.8, 4) is 23.0 Å². The average molecular weight is 387 g/mol. The molecule has 0 aliphatic carbocycles. The molecule has 0 bridgehead atoms. The van der Waals surface area contributed by atoms with Gasteiger partial charge in [-0.15, -0.1) is 0 Å². The molecular weight excluding hydrogens is 366 g/mol. The van der Waals surface area contributed by atoms with Gasteiger partial charge in [0.1, 0.15) is 31.3 Å². The highest BCUT2D eigenvalue weighted by Crippen LogP contribution is 2.30. The lowest BCUT2D eigenvalue weighted by atomic mass is 10.2. The Bertz CT molecular complexity index is 830. The van der Waals surface area contributed by atoms with E-state index < -0.39 is 18.0 Å². The number of carbonyl (C=O) groups is 2. The Hall–Kier alpha value is -3.42. The Morgan fingerprint density at radius 1 is 1.07 bits per heavy atom. The molecule has 1 aliphatic heterocycles. The van der Waals surface area contributed by atoms with Gasteiger partial charge in [0.15, 0.2) is 17.6 Å². The highest BCUT2D eigenvalue weighted by atomic mass is 16.6. The molecule has 1 heterocycles. The zero-order chi connectivity index (χ0) is 19.9. The van der Waals surface area contributed by atoms with Crippen molar-refractivity contribution in [1.29, 1.82) is 0 Å². The van der Waals surface area contributed by atoms with E-state index in [1.165, 1.54) is 14.2 Å². The van der Waals surface area contributed by atoms with Gasteiger partial charge in [-0.05, 0) is 24.3 Å². The summed E-state index contributed by atoms with van der Waals surface area (Å²) in [6.45, 7) is 0.0266. The van der Waals surface area contributed by atoms with E-state index in [4.69, 9.17) is 23.7 Å². The summed E-state index contributed by atoms with van der Waals surface area (Å²) >= 11 is 0. The number of esters is 1. The van der Waals surface area contributed by atoms with Gasteiger partial charge in [-0.2, -0.15) is 0 Å². The number of ether oxygens (including phenoxy) is 5. The van der Waals surface area contributed by atoms with Crippen LogP contribution < -0.4 is 24.3 Å². The third-order valence-electron chi connectivity index (χ3n) is 4.00. The first-order valence-electron chi connectivity index (χ1n) is 8.64. The molecule has 2 aromatic rings. The molecule has 28 heavy (non-hydrogen) atoms. The van der Waals surface area contributed by atoms with Crippen molar-refractivity contribution in [1.82, 2.24) is 5.32 Å². The largest absolute Gasteiger partial charge is 0.497 e. The van der Waals surface area contributed by atoms with Crippen molar-refractivity contribution >= 4 is 11.9 Å². The summed E-state index contributed by atoms with van der Waals surface area (Å²) in [4.78, 5) is 24.2. The quantitative estimate of drug-likeness (QED) is 0.725. The molecular formula is C20H21NO7. The summed E-state index contributed by atoms with van der Waals surface area (Å²) in [5.74, 6) is 1.19. The maximum Gasteiger partial charge on any atom is 0.325 e. The smallest absolute Gasteiger partial charge is 0.325 e. The van der Waals surface area contributed by atoms with E-state index in [0.29, 0.717) is 28.6 Å². The van der Waals surface area contributed by atoms with E-state index >= 15 is 0 Å². The summed E-state index contributed by atoms with van der Waals surface area (Å²) in [7, 11) is 2.98. The minimum atomic E-state index is -0.578. The second kappa shape index (κ2) is 8.98. The zero-order valence-electron chi connectivity index (χ0n) is 15.6. The Morgan fingerprint density at radius 2 is 1.75 bits per heavy atom. The third-order valence-corrected chi connectivity index (χ3v) is 4.00. The maximum atomic E-state index is 12.3. The van der Waals surface area contributed by atoms with Gasteiger partial charge in [0.2, 0.25) is 0 Å². The number of methoxy groups -OCH3 is 2. The Kier molecular flexibility index (Phi) is 6.21. The lowest BCUT2D eigenvalue weighted by Crippen LogP contribution is -2.36. The molecule has 0 radical (unpaired) electrons. The van der Waals surface area contributed by atoms with Crippen LogP contribution in [0.5, 0.6) is 23.0 Å². The van der Waals surface area contributed by atoms with Gasteiger partial charge >= 0.3 is 5.97 Å². The van der Waals surface area contributed by atoms with Crippen molar-refractivity contribution in [3.63, 3.8) is 0 Å². The van der Waals surface area contributed by atoms with Crippen molar-refractivity contribution in [2.75, 3.05) is 34.0 Å². The van der Waals surface area contributed by atoms with Crippen LogP contribution in [0.3, 0.4) is 0 Å². The number of fused-ring (bicyclic) bond motifs is 1. The minimum Gasteiger partial charge on any atom is -0.497 e. The molecule has 1 aliphatic rings. The highest BCUT2D eigenvalue weighted by molar-refractivity contribution is 5.96. The van der Waals surface area contributed by atoms with Crippen molar-refractivity contribution in [2.24, 2.45) is 0 Å². The number of benzene rings is 2. The monoisotopic (exact) mass is 387 g/mol. The summed E-state index contributed by atoms with van der Waals surface area (Å²) in [5.41, 5.74) is 0.310. The van der Waals surface area contributed by atoms with E-state index in [-0.39, 0.29) is 19.8 Å². The average Bonchev–Trinajstić information content (AvgIpc) is 2.75. The van der Waals surface area contributed by atoms with Crippen molar-refractivity contribution in [2.45, 2.75) is 6.10 Å². The van der Waals surface area contributed by atoms with Crippen LogP contribution in [0, 0.1) is 0 Å². The number of carbonyl (C=O) groups excluding carboxylic acids is 2. The molecule has 0 unspecified atom stereocenters. The molecule has 8 nitrogen and oxygen atoms in total. The van der Waals surface area contributed by atoms with Crippen molar-refractivity contribution in [3.05, 3.63) is 48.0 Å². The first-order chi connectivity index (χ1) is 13.6. The second-order valence-electron chi connectivity index (χ2n) is 5.96. The molecule has 0 spiro atoms. The molecule has 2 aromatic carbocycles. The predicted molar refractivity (Wildman–Crippen MR) is 99.2 cm³/mol. The second-order valence-corrected chi connectivity index (χ2v) is 5.96. The van der Waals surface area contributed by atoms with Crippen LogP contribution in [-0.2, 0) is 9.53 Å². The third kappa shape index (κ3) is 4.85. The van der Waals surface area contributed by atoms with Gasteiger partial charge in [0.25, 0.3) is 5.91 Å². The fourth-order valence-corrected chi connectivity index (χ4v) is 2.58. The fraction of sp³-hybridized carbons (Fsp3) is 0.300. The topological polar surface area (TPSA) is 92.3 Å². The Labute approximate surface area is 162 Å². The predicted octanol–water partition coefficient (Wildman–Crippen LogP) is 1.82. The van der Waals surface area contributed by atoms with E-state index in [0.717, 1.165) is 0 Å². The number of para-hydroxylation sites is 2. The Balaban J connectivity index is 1.46. The van der Waals surface area contributed by atoms with Gasteiger partial charge in [0.05, 0.1) is 14.2 Å².